The predicted octanol–water partition coefficient (Wildman–Crippen LogP) is 7.27. The van der Waals surface area contributed by atoms with Crippen LogP contribution in [0.3, 0.4) is 0 Å². The number of aromatic nitrogens is 1. The summed E-state index contributed by atoms with van der Waals surface area (Å²) in [5.74, 6) is -0.256. The van der Waals surface area contributed by atoms with E-state index in [0.29, 0.717) is 29.5 Å². The van der Waals surface area contributed by atoms with Gasteiger partial charge in [-0.25, -0.2) is 17.9 Å². The van der Waals surface area contributed by atoms with Crippen LogP contribution in [0.5, 0.6) is 5.75 Å². The van der Waals surface area contributed by atoms with Gasteiger partial charge in [0.15, 0.2) is 0 Å². The molecule has 9 nitrogen and oxygen atoms in total. The molecule has 2 aliphatic rings. The number of amides is 2. The molecule has 45 heavy (non-hydrogen) atoms. The fourth-order valence-electron chi connectivity index (χ4n) is 6.66. The molecule has 0 bridgehead atoms. The summed E-state index contributed by atoms with van der Waals surface area (Å²) in [5.41, 5.74) is 4.40. The molecule has 1 heterocycles. The molecule has 4 aromatic rings. The molecule has 1 aromatic heterocycles. The summed E-state index contributed by atoms with van der Waals surface area (Å²) in [6.45, 7) is 1.68. The highest BCUT2D eigenvalue weighted by molar-refractivity contribution is 7.90. The Morgan fingerprint density at radius 3 is 2.38 bits per heavy atom. The summed E-state index contributed by atoms with van der Waals surface area (Å²) in [4.78, 5) is 25.7. The SMILES string of the molecule is COc1cc(C(=O)NS(=O)(=O)c2ccccc2C)ccc1Cc1cn(C2CCCC2)c2ccc(NC(=O)OC3CCCC3)cc12. The number of hydrogen-bond donors (Lipinski definition) is 2. The minimum atomic E-state index is -4.05. The highest BCUT2D eigenvalue weighted by Gasteiger charge is 2.24. The lowest BCUT2D eigenvalue weighted by molar-refractivity contribution is 0.0980. The summed E-state index contributed by atoms with van der Waals surface area (Å²) in [7, 11) is -2.52. The third-order valence-electron chi connectivity index (χ3n) is 9.00. The van der Waals surface area contributed by atoms with Crippen molar-refractivity contribution < 1.29 is 27.5 Å². The Hall–Kier alpha value is -4.31. The molecule has 0 radical (unpaired) electrons. The maximum atomic E-state index is 13.0. The minimum absolute atomic E-state index is 0.0205. The molecule has 2 aliphatic carbocycles. The van der Waals surface area contributed by atoms with Crippen LogP contribution < -0.4 is 14.8 Å². The molecule has 0 spiro atoms. The van der Waals surface area contributed by atoms with Crippen LogP contribution in [0.2, 0.25) is 0 Å². The van der Waals surface area contributed by atoms with Crippen molar-refractivity contribution in [2.45, 2.75) is 81.8 Å². The number of anilines is 1. The van der Waals surface area contributed by atoms with Crippen molar-refractivity contribution in [3.8, 4) is 5.75 Å². The lowest BCUT2D eigenvalue weighted by atomic mass is 10.0. The maximum absolute atomic E-state index is 13.0. The van der Waals surface area contributed by atoms with Gasteiger partial charge < -0.3 is 14.0 Å². The Kier molecular flexibility index (Phi) is 8.85. The van der Waals surface area contributed by atoms with Crippen molar-refractivity contribution in [3.63, 3.8) is 0 Å². The Balaban J connectivity index is 1.27. The van der Waals surface area contributed by atoms with Crippen molar-refractivity contribution in [1.82, 2.24) is 9.29 Å². The first-order valence-electron chi connectivity index (χ1n) is 15.6. The second-order valence-corrected chi connectivity index (χ2v) is 13.7. The number of carbonyl (C=O) groups excluding carboxylic acids is 2. The van der Waals surface area contributed by atoms with Crippen LogP contribution in [0.15, 0.2) is 71.8 Å². The third kappa shape index (κ3) is 6.71. The van der Waals surface area contributed by atoms with Crippen LogP contribution in [0.1, 0.15) is 84.5 Å². The standard InChI is InChI=1S/C35H39N3O6S/c1-23-9-3-8-14-33(23)45(41,42)37-34(39)25-16-15-24(32(20-25)43-2)19-26-22-38(28-10-4-5-11-28)31-18-17-27(21-30(26)31)36-35(40)44-29-12-6-7-13-29/h3,8-9,14-18,20-22,28-29H,4-7,10-13,19H2,1-2H3,(H,36,40)(H,37,39). The number of aryl methyl sites for hydroxylation is 1. The van der Waals surface area contributed by atoms with Gasteiger partial charge in [-0.1, -0.05) is 37.1 Å². The first-order valence-corrected chi connectivity index (χ1v) is 17.1. The fourth-order valence-corrected chi connectivity index (χ4v) is 7.89. The van der Waals surface area contributed by atoms with Crippen LogP contribution in [0.4, 0.5) is 10.5 Å². The molecular weight excluding hydrogens is 590 g/mol. The van der Waals surface area contributed by atoms with Gasteiger partial charge in [-0.3, -0.25) is 10.1 Å². The zero-order valence-corrected chi connectivity index (χ0v) is 26.5. The number of nitrogens with one attached hydrogen (secondary N) is 2. The molecule has 3 aromatic carbocycles. The van der Waals surface area contributed by atoms with E-state index in [1.165, 1.54) is 26.0 Å². The first kappa shape index (κ1) is 30.7. The number of rotatable bonds is 9. The monoisotopic (exact) mass is 629 g/mol. The topological polar surface area (TPSA) is 116 Å². The molecule has 6 rings (SSSR count). The largest absolute Gasteiger partial charge is 0.496 e. The van der Waals surface area contributed by atoms with E-state index < -0.39 is 22.0 Å². The molecule has 10 heteroatoms. The van der Waals surface area contributed by atoms with E-state index in [1.807, 2.05) is 12.1 Å². The van der Waals surface area contributed by atoms with E-state index in [4.69, 9.17) is 9.47 Å². The van der Waals surface area contributed by atoms with Gasteiger partial charge in [0.05, 0.1) is 12.0 Å². The number of nitrogens with zero attached hydrogens (tertiary/aromatic N) is 1. The summed E-state index contributed by atoms with van der Waals surface area (Å²) in [5, 5.41) is 3.94. The highest BCUT2D eigenvalue weighted by atomic mass is 32.2. The molecule has 236 valence electrons. The molecule has 0 unspecified atom stereocenters. The van der Waals surface area contributed by atoms with Gasteiger partial charge in [0.1, 0.15) is 11.9 Å². The second-order valence-electron chi connectivity index (χ2n) is 12.1. The van der Waals surface area contributed by atoms with Gasteiger partial charge in [-0.2, -0.15) is 0 Å². The van der Waals surface area contributed by atoms with E-state index in [1.54, 1.807) is 43.3 Å². The van der Waals surface area contributed by atoms with Gasteiger partial charge in [0, 0.05) is 40.8 Å². The normalized spacial score (nSPS) is 15.8. The van der Waals surface area contributed by atoms with Gasteiger partial charge in [0.25, 0.3) is 15.9 Å². The third-order valence-corrected chi connectivity index (χ3v) is 10.5. The fraction of sp³-hybridized carbons (Fsp3) is 0.371. The molecule has 2 amide bonds. The Labute approximate surface area is 264 Å². The van der Waals surface area contributed by atoms with Crippen molar-refractivity contribution in [2.75, 3.05) is 12.4 Å². The van der Waals surface area contributed by atoms with E-state index in [2.05, 4.69) is 26.9 Å². The predicted molar refractivity (Wildman–Crippen MR) is 173 cm³/mol. The molecule has 0 saturated heterocycles. The van der Waals surface area contributed by atoms with Crippen LogP contribution in [-0.4, -0.2) is 38.2 Å². The number of methoxy groups -OCH3 is 1. The number of benzene rings is 3. The van der Waals surface area contributed by atoms with Crippen molar-refractivity contribution >= 4 is 38.6 Å². The molecule has 0 atom stereocenters. The number of hydrogen-bond acceptors (Lipinski definition) is 6. The van der Waals surface area contributed by atoms with Gasteiger partial charge in [-0.05, 0) is 98.5 Å². The Morgan fingerprint density at radius 2 is 1.64 bits per heavy atom. The summed E-state index contributed by atoms with van der Waals surface area (Å²) in [6, 6.07) is 17.9. The molecule has 2 fully saturated rings. The summed E-state index contributed by atoms with van der Waals surface area (Å²) < 4.78 is 41.7. The average molecular weight is 630 g/mol. The number of sulfonamides is 1. The van der Waals surface area contributed by atoms with Crippen LogP contribution >= 0.6 is 0 Å². The average Bonchev–Trinajstić information content (AvgIpc) is 3.80. The van der Waals surface area contributed by atoms with Crippen LogP contribution in [-0.2, 0) is 21.2 Å². The lowest BCUT2D eigenvalue weighted by Gasteiger charge is -2.14. The molecule has 0 aliphatic heterocycles. The van der Waals surface area contributed by atoms with E-state index >= 15 is 0 Å². The van der Waals surface area contributed by atoms with Crippen molar-refractivity contribution in [1.29, 1.82) is 0 Å². The van der Waals surface area contributed by atoms with Crippen LogP contribution in [0, 0.1) is 6.92 Å². The smallest absolute Gasteiger partial charge is 0.411 e. The van der Waals surface area contributed by atoms with Gasteiger partial charge in [0.2, 0.25) is 0 Å². The van der Waals surface area contributed by atoms with Crippen molar-refractivity contribution in [3.05, 3.63) is 89.1 Å². The zero-order chi connectivity index (χ0) is 31.6. The Morgan fingerprint density at radius 1 is 0.911 bits per heavy atom. The van der Waals surface area contributed by atoms with Gasteiger partial charge in [-0.15, -0.1) is 0 Å². The number of fused-ring (bicyclic) bond motifs is 1. The zero-order valence-electron chi connectivity index (χ0n) is 25.7. The molecule has 2 N–H and O–H groups in total. The van der Waals surface area contributed by atoms with Crippen molar-refractivity contribution in [2.24, 2.45) is 0 Å². The van der Waals surface area contributed by atoms with Crippen LogP contribution in [0.25, 0.3) is 10.9 Å². The number of carbonyl (C=O) groups is 2. The minimum Gasteiger partial charge on any atom is -0.496 e. The van der Waals surface area contributed by atoms with Gasteiger partial charge >= 0.3 is 6.09 Å². The maximum Gasteiger partial charge on any atom is 0.411 e. The summed E-state index contributed by atoms with van der Waals surface area (Å²) >= 11 is 0. The molecular formula is C35H39N3O6S. The highest BCUT2D eigenvalue weighted by Crippen LogP contribution is 2.37. The van der Waals surface area contributed by atoms with E-state index in [-0.39, 0.29) is 16.6 Å². The van der Waals surface area contributed by atoms with E-state index in [9.17, 15) is 18.0 Å². The summed E-state index contributed by atoms with van der Waals surface area (Å²) in [6.07, 6.45) is 10.9. The quantitative estimate of drug-likeness (QED) is 0.201. The number of ether oxygens (including phenoxy) is 2. The second kappa shape index (κ2) is 13.0. The molecule has 2 saturated carbocycles. The lowest BCUT2D eigenvalue weighted by Crippen LogP contribution is -2.31. The van der Waals surface area contributed by atoms with E-state index in [0.717, 1.165) is 60.6 Å². The Bertz CT molecular complexity index is 1840. The first-order chi connectivity index (χ1) is 21.7.